The van der Waals surface area contributed by atoms with Crippen molar-refractivity contribution < 1.29 is 13.2 Å². The molecule has 3 atom stereocenters. The fourth-order valence-electron chi connectivity index (χ4n) is 4.95. The van der Waals surface area contributed by atoms with Gasteiger partial charge in [-0.1, -0.05) is 36.8 Å². The first-order valence-corrected chi connectivity index (χ1v) is 12.9. The van der Waals surface area contributed by atoms with Crippen LogP contribution in [0.1, 0.15) is 36.8 Å². The van der Waals surface area contributed by atoms with Crippen molar-refractivity contribution in [3.63, 3.8) is 0 Å². The zero-order valence-electron chi connectivity index (χ0n) is 18.5. The highest BCUT2D eigenvalue weighted by molar-refractivity contribution is 7.90. The topological polar surface area (TPSA) is 123 Å². The van der Waals surface area contributed by atoms with Crippen LogP contribution in [0.15, 0.2) is 47.4 Å². The van der Waals surface area contributed by atoms with Gasteiger partial charge < -0.3 is 10.6 Å². The Morgan fingerprint density at radius 1 is 1.21 bits per heavy atom. The zero-order chi connectivity index (χ0) is 23.6. The lowest BCUT2D eigenvalue weighted by atomic mass is 9.79. The van der Waals surface area contributed by atoms with Crippen LogP contribution in [-0.4, -0.2) is 38.7 Å². The molecule has 4 rings (SSSR count). The SMILES string of the molecule is CS(=O)(=O)c1cc(-c2ccc(C[C@@H](C#N)NC(=O)C34CCC[C@@H](CN3)C4)cc2)ccc1C#N. The molecule has 2 aliphatic rings. The number of nitriles is 2. The van der Waals surface area contributed by atoms with Gasteiger partial charge in [0.25, 0.3) is 0 Å². The first-order valence-electron chi connectivity index (χ1n) is 11.0. The van der Waals surface area contributed by atoms with Crippen LogP contribution in [0.4, 0.5) is 0 Å². The van der Waals surface area contributed by atoms with E-state index in [1.165, 1.54) is 12.1 Å². The maximum atomic E-state index is 12.9. The molecule has 1 heterocycles. The Kier molecular flexibility index (Phi) is 6.25. The van der Waals surface area contributed by atoms with Gasteiger partial charge in [-0.3, -0.25) is 4.79 Å². The van der Waals surface area contributed by atoms with E-state index in [0.717, 1.165) is 49.6 Å². The fraction of sp³-hybridized carbons (Fsp3) is 0.400. The van der Waals surface area contributed by atoms with Crippen LogP contribution < -0.4 is 10.6 Å². The smallest absolute Gasteiger partial charge is 0.241 e. The van der Waals surface area contributed by atoms with E-state index in [0.29, 0.717) is 17.9 Å². The lowest BCUT2D eigenvalue weighted by molar-refractivity contribution is -0.128. The van der Waals surface area contributed by atoms with Crippen LogP contribution in [0.25, 0.3) is 11.1 Å². The summed E-state index contributed by atoms with van der Waals surface area (Å²) in [6, 6.07) is 15.6. The van der Waals surface area contributed by atoms with Crippen LogP contribution in [-0.2, 0) is 21.1 Å². The summed E-state index contributed by atoms with van der Waals surface area (Å²) >= 11 is 0. The molecule has 2 fully saturated rings. The third-order valence-electron chi connectivity index (χ3n) is 6.71. The summed E-state index contributed by atoms with van der Waals surface area (Å²) in [5.41, 5.74) is 1.96. The maximum Gasteiger partial charge on any atom is 0.241 e. The molecule has 2 N–H and O–H groups in total. The average molecular weight is 463 g/mol. The monoisotopic (exact) mass is 462 g/mol. The quantitative estimate of drug-likeness (QED) is 0.680. The van der Waals surface area contributed by atoms with Crippen molar-refractivity contribution in [2.75, 3.05) is 12.8 Å². The number of hydrogen-bond donors (Lipinski definition) is 2. The minimum atomic E-state index is -3.53. The van der Waals surface area contributed by atoms with Gasteiger partial charge in [-0.05, 0) is 60.5 Å². The summed E-state index contributed by atoms with van der Waals surface area (Å²) in [7, 11) is -3.53. The van der Waals surface area contributed by atoms with Crippen molar-refractivity contribution >= 4 is 15.7 Å². The highest BCUT2D eigenvalue weighted by Gasteiger charge is 2.47. The van der Waals surface area contributed by atoms with Crippen LogP contribution in [0.5, 0.6) is 0 Å². The average Bonchev–Trinajstić information content (AvgIpc) is 3.12. The number of nitrogens with one attached hydrogen (secondary N) is 2. The lowest BCUT2D eigenvalue weighted by Gasteiger charge is -2.32. The molecule has 2 aromatic rings. The summed E-state index contributed by atoms with van der Waals surface area (Å²) in [5.74, 6) is 0.460. The van der Waals surface area contributed by atoms with E-state index >= 15 is 0 Å². The Balaban J connectivity index is 1.47. The summed E-state index contributed by atoms with van der Waals surface area (Å²) in [6.45, 7) is 0.864. The molecule has 0 spiro atoms. The second-order valence-corrected chi connectivity index (χ2v) is 11.1. The lowest BCUT2D eigenvalue weighted by Crippen LogP contribution is -2.56. The second-order valence-electron chi connectivity index (χ2n) is 9.08. The van der Waals surface area contributed by atoms with E-state index in [-0.39, 0.29) is 16.4 Å². The van der Waals surface area contributed by atoms with Gasteiger partial charge in [0.2, 0.25) is 5.91 Å². The minimum Gasteiger partial charge on any atom is -0.338 e. The fourth-order valence-corrected chi connectivity index (χ4v) is 5.80. The molecule has 33 heavy (non-hydrogen) atoms. The molecule has 8 heteroatoms. The van der Waals surface area contributed by atoms with Crippen molar-refractivity contribution in [2.45, 2.75) is 48.6 Å². The van der Waals surface area contributed by atoms with Crippen LogP contribution in [0.2, 0.25) is 0 Å². The van der Waals surface area contributed by atoms with Crippen molar-refractivity contribution in [2.24, 2.45) is 5.92 Å². The number of carbonyl (C=O) groups is 1. The van der Waals surface area contributed by atoms with Crippen LogP contribution in [0, 0.1) is 28.6 Å². The third-order valence-corrected chi connectivity index (χ3v) is 7.84. The van der Waals surface area contributed by atoms with E-state index in [2.05, 4.69) is 16.7 Å². The molecule has 170 valence electrons. The normalized spacial score (nSPS) is 22.7. The number of hydrogen-bond acceptors (Lipinski definition) is 6. The van der Waals surface area contributed by atoms with Gasteiger partial charge in [-0.25, -0.2) is 8.42 Å². The Labute approximate surface area is 194 Å². The molecular weight excluding hydrogens is 436 g/mol. The molecule has 0 radical (unpaired) electrons. The van der Waals surface area contributed by atoms with Gasteiger partial charge in [0.15, 0.2) is 9.84 Å². The molecule has 1 amide bonds. The van der Waals surface area contributed by atoms with Gasteiger partial charge in [0, 0.05) is 12.7 Å². The Morgan fingerprint density at radius 2 is 1.94 bits per heavy atom. The van der Waals surface area contributed by atoms with Crippen molar-refractivity contribution in [1.29, 1.82) is 10.5 Å². The van der Waals surface area contributed by atoms with Gasteiger partial charge in [0.05, 0.1) is 22.1 Å². The number of benzene rings is 2. The predicted octanol–water partition coefficient (Wildman–Crippen LogP) is 2.71. The van der Waals surface area contributed by atoms with E-state index in [4.69, 9.17) is 0 Å². The van der Waals surface area contributed by atoms with E-state index < -0.39 is 21.4 Å². The summed E-state index contributed by atoms with van der Waals surface area (Å²) in [6.07, 6.45) is 5.29. The number of nitrogens with zero attached hydrogens (tertiary/aromatic N) is 2. The van der Waals surface area contributed by atoms with Gasteiger partial charge in [-0.2, -0.15) is 10.5 Å². The molecule has 1 saturated heterocycles. The summed E-state index contributed by atoms with van der Waals surface area (Å²) < 4.78 is 24.1. The number of rotatable bonds is 6. The molecular formula is C25H26N4O3S. The summed E-state index contributed by atoms with van der Waals surface area (Å²) in [4.78, 5) is 12.9. The Morgan fingerprint density at radius 3 is 2.61 bits per heavy atom. The van der Waals surface area contributed by atoms with Crippen LogP contribution in [0.3, 0.4) is 0 Å². The molecule has 1 aliphatic heterocycles. The highest BCUT2D eigenvalue weighted by Crippen LogP contribution is 2.37. The maximum absolute atomic E-state index is 12.9. The minimum absolute atomic E-state index is 0.00341. The molecule has 2 aromatic carbocycles. The van der Waals surface area contributed by atoms with E-state index in [1.807, 2.05) is 30.3 Å². The Hall–Kier alpha value is -3.20. The van der Waals surface area contributed by atoms with Crippen molar-refractivity contribution in [3.8, 4) is 23.3 Å². The summed E-state index contributed by atoms with van der Waals surface area (Å²) in [5, 5.41) is 25.1. The first kappa shape index (κ1) is 23.0. The number of carbonyl (C=O) groups excluding carboxylic acids is 1. The Bertz CT molecular complexity index is 1250. The number of fused-ring (bicyclic) bond motifs is 2. The number of sulfone groups is 1. The molecule has 0 aromatic heterocycles. The zero-order valence-corrected chi connectivity index (χ0v) is 19.3. The van der Waals surface area contributed by atoms with Crippen molar-refractivity contribution in [1.82, 2.24) is 10.6 Å². The molecule has 1 saturated carbocycles. The van der Waals surface area contributed by atoms with E-state index in [9.17, 15) is 23.7 Å². The molecule has 1 unspecified atom stereocenters. The predicted molar refractivity (Wildman–Crippen MR) is 124 cm³/mol. The van der Waals surface area contributed by atoms with Gasteiger partial charge in [-0.15, -0.1) is 0 Å². The standard InChI is InChI=1S/C25H26N4O3S/c1-33(31,32)23-12-20(8-9-21(23)14-26)19-6-4-17(5-7-19)11-22(15-27)29-24(30)25-10-2-3-18(13-25)16-28-25/h4-9,12,18,22,28H,2-3,10-11,13,16H2,1H3,(H,29,30)/t18-,22+,25?/m1/s1. The molecule has 1 aliphatic carbocycles. The van der Waals surface area contributed by atoms with E-state index in [1.54, 1.807) is 6.07 Å². The second kappa shape index (κ2) is 8.97. The third kappa shape index (κ3) is 4.78. The van der Waals surface area contributed by atoms with Gasteiger partial charge in [0.1, 0.15) is 12.1 Å². The van der Waals surface area contributed by atoms with Crippen molar-refractivity contribution in [3.05, 3.63) is 53.6 Å². The first-order chi connectivity index (χ1) is 15.7. The largest absolute Gasteiger partial charge is 0.338 e. The molecule has 7 nitrogen and oxygen atoms in total. The highest BCUT2D eigenvalue weighted by atomic mass is 32.2. The number of amides is 1. The van der Waals surface area contributed by atoms with Gasteiger partial charge >= 0.3 is 0 Å². The van der Waals surface area contributed by atoms with Crippen LogP contribution >= 0.6 is 0 Å². The molecule has 2 bridgehead atoms.